The minimum Gasteiger partial charge on any atom is -0.487 e. The zero-order valence-electron chi connectivity index (χ0n) is 17.6. The molecule has 0 saturated heterocycles. The summed E-state index contributed by atoms with van der Waals surface area (Å²) in [7, 11) is 0. The van der Waals surface area contributed by atoms with Gasteiger partial charge in [0.1, 0.15) is 29.5 Å². The number of hydrogen-bond donors (Lipinski definition) is 2. The van der Waals surface area contributed by atoms with Crippen LogP contribution in [0.4, 0.5) is 0 Å². The zero-order valence-corrected chi connectivity index (χ0v) is 17.6. The Bertz CT molecular complexity index is 1010. The van der Waals surface area contributed by atoms with Crippen LogP contribution in [0.25, 0.3) is 11.5 Å². The molecule has 0 aliphatic rings. The summed E-state index contributed by atoms with van der Waals surface area (Å²) in [6, 6.07) is 17.1. The molecule has 0 saturated carbocycles. The van der Waals surface area contributed by atoms with Crippen LogP contribution in [0.5, 0.6) is 5.75 Å². The minimum atomic E-state index is -1.05. The van der Waals surface area contributed by atoms with Crippen LogP contribution >= 0.6 is 0 Å². The number of carboxylic acids is 1. The maximum Gasteiger partial charge on any atom is 0.353 e. The second kappa shape index (κ2) is 11.0. The third kappa shape index (κ3) is 6.45. The first-order chi connectivity index (χ1) is 15.1. The fourth-order valence-electron chi connectivity index (χ4n) is 2.76. The highest BCUT2D eigenvalue weighted by molar-refractivity contribution is 5.85. The molecule has 0 fully saturated rings. The molecule has 3 rings (SSSR count). The lowest BCUT2D eigenvalue weighted by Crippen LogP contribution is -2.20. The molecule has 31 heavy (non-hydrogen) atoms. The summed E-state index contributed by atoms with van der Waals surface area (Å²) in [6.07, 6.45) is 3.14. The highest BCUT2D eigenvalue weighted by Crippen LogP contribution is 2.22. The average molecular weight is 422 g/mol. The van der Waals surface area contributed by atoms with E-state index in [1.165, 1.54) is 0 Å². The van der Waals surface area contributed by atoms with Gasteiger partial charge in [-0.15, -0.1) is 0 Å². The van der Waals surface area contributed by atoms with Crippen LogP contribution in [0, 0.1) is 6.92 Å². The zero-order chi connectivity index (χ0) is 22.1. The predicted octanol–water partition coefficient (Wildman–Crippen LogP) is 5.02. The Morgan fingerprint density at radius 2 is 1.87 bits per heavy atom. The van der Waals surface area contributed by atoms with Gasteiger partial charge >= 0.3 is 5.97 Å². The van der Waals surface area contributed by atoms with Gasteiger partial charge in [0.25, 0.3) is 0 Å². The smallest absolute Gasteiger partial charge is 0.353 e. The van der Waals surface area contributed by atoms with Gasteiger partial charge in [-0.1, -0.05) is 49.8 Å². The first kappa shape index (κ1) is 22.1. The lowest BCUT2D eigenvalue weighted by molar-refractivity contribution is -0.135. The highest BCUT2D eigenvalue weighted by Gasteiger charge is 2.12. The van der Waals surface area contributed by atoms with Gasteiger partial charge in [0, 0.05) is 5.56 Å². The lowest BCUT2D eigenvalue weighted by atomic mass is 10.2. The number of nitrogens with zero attached hydrogens (tertiary/aromatic N) is 1. The standard InChI is InChI=1S/C24H26N2O5/c1-3-4-10-21(24(27)28)26-30-15-18-11-13-20(14-12-18)29-16-22-17(2)31-23(25-22)19-8-6-5-7-9-19/h5-14,26H,3-4,15-16H2,1-2H3,(H,27,28). The molecule has 1 aromatic heterocycles. The summed E-state index contributed by atoms with van der Waals surface area (Å²) in [4.78, 5) is 21.0. The van der Waals surface area contributed by atoms with E-state index in [1.54, 1.807) is 6.08 Å². The van der Waals surface area contributed by atoms with Gasteiger partial charge in [-0.25, -0.2) is 9.78 Å². The SMILES string of the molecule is CCCC=C(NOCc1ccc(OCc2nc(-c3ccccc3)oc2C)cc1)C(=O)O. The Morgan fingerprint density at radius 3 is 2.55 bits per heavy atom. The first-order valence-corrected chi connectivity index (χ1v) is 10.1. The number of benzene rings is 2. The van der Waals surface area contributed by atoms with E-state index < -0.39 is 5.97 Å². The largest absolute Gasteiger partial charge is 0.487 e. The summed E-state index contributed by atoms with van der Waals surface area (Å²) in [5, 5.41) is 9.13. The number of carbonyl (C=O) groups is 1. The molecule has 0 aliphatic heterocycles. The molecule has 1 heterocycles. The Kier molecular flexibility index (Phi) is 7.84. The number of oxazole rings is 1. The van der Waals surface area contributed by atoms with Crippen LogP contribution in [-0.4, -0.2) is 16.1 Å². The number of rotatable bonds is 11. The minimum absolute atomic E-state index is 0.0413. The molecule has 2 aromatic carbocycles. The number of hydrogen-bond acceptors (Lipinski definition) is 6. The van der Waals surface area contributed by atoms with Crippen LogP contribution in [0.2, 0.25) is 0 Å². The van der Waals surface area contributed by atoms with Gasteiger partial charge in [0.15, 0.2) is 0 Å². The molecule has 0 atom stereocenters. The van der Waals surface area contributed by atoms with Crippen molar-refractivity contribution in [3.05, 3.63) is 83.4 Å². The van der Waals surface area contributed by atoms with Crippen molar-refractivity contribution < 1.29 is 23.9 Å². The van der Waals surface area contributed by atoms with Crippen molar-refractivity contribution in [2.75, 3.05) is 0 Å². The lowest BCUT2D eigenvalue weighted by Gasteiger charge is -2.09. The predicted molar refractivity (Wildman–Crippen MR) is 116 cm³/mol. The van der Waals surface area contributed by atoms with Crippen molar-refractivity contribution in [3.8, 4) is 17.2 Å². The van der Waals surface area contributed by atoms with E-state index >= 15 is 0 Å². The molecule has 3 aromatic rings. The maximum atomic E-state index is 11.1. The molecule has 0 spiro atoms. The molecule has 0 aliphatic carbocycles. The summed E-state index contributed by atoms with van der Waals surface area (Å²) < 4.78 is 11.6. The van der Waals surface area contributed by atoms with Gasteiger partial charge in [-0.05, 0) is 43.2 Å². The van der Waals surface area contributed by atoms with Crippen molar-refractivity contribution in [1.82, 2.24) is 10.5 Å². The van der Waals surface area contributed by atoms with Gasteiger partial charge in [-0.2, -0.15) is 0 Å². The average Bonchev–Trinajstić information content (AvgIpc) is 3.16. The number of allylic oxidation sites excluding steroid dienone is 1. The molecule has 0 radical (unpaired) electrons. The Balaban J connectivity index is 1.51. The van der Waals surface area contributed by atoms with Gasteiger partial charge in [0.2, 0.25) is 5.89 Å². The molecule has 7 nitrogen and oxygen atoms in total. The summed E-state index contributed by atoms with van der Waals surface area (Å²) >= 11 is 0. The second-order valence-electron chi connectivity index (χ2n) is 6.92. The molecular weight excluding hydrogens is 396 g/mol. The monoisotopic (exact) mass is 422 g/mol. The Labute approximate surface area is 181 Å². The van der Waals surface area contributed by atoms with Crippen LogP contribution in [0.3, 0.4) is 0 Å². The quantitative estimate of drug-likeness (QED) is 0.331. The highest BCUT2D eigenvalue weighted by atomic mass is 16.6. The molecule has 2 N–H and O–H groups in total. The fourth-order valence-corrected chi connectivity index (χ4v) is 2.76. The van der Waals surface area contributed by atoms with Gasteiger partial charge < -0.3 is 14.3 Å². The molecule has 7 heteroatoms. The van der Waals surface area contributed by atoms with Crippen molar-refractivity contribution >= 4 is 5.97 Å². The van der Waals surface area contributed by atoms with Gasteiger partial charge in [-0.3, -0.25) is 10.3 Å². The molecule has 0 unspecified atom stereocenters. The summed E-state index contributed by atoms with van der Waals surface area (Å²) in [5.74, 6) is 0.941. The number of hydroxylamine groups is 1. The third-order valence-electron chi connectivity index (χ3n) is 4.50. The van der Waals surface area contributed by atoms with E-state index in [0.717, 1.165) is 29.0 Å². The van der Waals surface area contributed by atoms with Crippen LogP contribution < -0.4 is 10.2 Å². The van der Waals surface area contributed by atoms with E-state index in [9.17, 15) is 4.79 Å². The van der Waals surface area contributed by atoms with Crippen LogP contribution in [0.15, 0.2) is 70.8 Å². The topological polar surface area (TPSA) is 93.8 Å². The molecule has 0 amide bonds. The summed E-state index contributed by atoms with van der Waals surface area (Å²) in [5.41, 5.74) is 5.09. The van der Waals surface area contributed by atoms with E-state index in [0.29, 0.717) is 24.7 Å². The number of ether oxygens (including phenoxy) is 1. The van der Waals surface area contributed by atoms with Crippen molar-refractivity contribution in [2.45, 2.75) is 39.9 Å². The van der Waals surface area contributed by atoms with E-state index in [-0.39, 0.29) is 12.3 Å². The third-order valence-corrected chi connectivity index (χ3v) is 4.50. The normalized spacial score (nSPS) is 11.4. The van der Waals surface area contributed by atoms with Gasteiger partial charge in [0.05, 0.1) is 6.61 Å². The fraction of sp³-hybridized carbons (Fsp3) is 0.250. The number of aryl methyl sites for hydroxylation is 1. The second-order valence-corrected chi connectivity index (χ2v) is 6.92. The Hall–Kier alpha value is -3.58. The number of unbranched alkanes of at least 4 members (excludes halogenated alkanes) is 1. The number of carboxylic acid groups (broad SMARTS) is 1. The maximum absolute atomic E-state index is 11.1. The van der Waals surface area contributed by atoms with E-state index in [2.05, 4.69) is 10.5 Å². The van der Waals surface area contributed by atoms with E-state index in [1.807, 2.05) is 68.4 Å². The van der Waals surface area contributed by atoms with Crippen LogP contribution in [-0.2, 0) is 22.8 Å². The number of aromatic nitrogens is 1. The van der Waals surface area contributed by atoms with Crippen molar-refractivity contribution in [2.24, 2.45) is 0 Å². The first-order valence-electron chi connectivity index (χ1n) is 10.1. The summed E-state index contributed by atoms with van der Waals surface area (Å²) in [6.45, 7) is 4.36. The van der Waals surface area contributed by atoms with Crippen molar-refractivity contribution in [3.63, 3.8) is 0 Å². The number of nitrogens with one attached hydrogen (secondary N) is 1. The number of aliphatic carboxylic acids is 1. The Morgan fingerprint density at radius 1 is 1.13 bits per heavy atom. The van der Waals surface area contributed by atoms with Crippen LogP contribution in [0.1, 0.15) is 36.8 Å². The molecular formula is C24H26N2O5. The molecule has 162 valence electrons. The van der Waals surface area contributed by atoms with Crippen molar-refractivity contribution in [1.29, 1.82) is 0 Å². The molecule has 0 bridgehead atoms. The van der Waals surface area contributed by atoms with E-state index in [4.69, 9.17) is 19.1 Å².